The molecule has 7 nitrogen and oxygen atoms in total. The van der Waals surface area contributed by atoms with Crippen molar-refractivity contribution in [1.29, 1.82) is 0 Å². The molecule has 170 valence electrons. The molecule has 0 aliphatic carbocycles. The summed E-state index contributed by atoms with van der Waals surface area (Å²) in [5.74, 6) is -2.54. The highest BCUT2D eigenvalue weighted by Gasteiger charge is 2.64. The fraction of sp³-hybridized carbons (Fsp3) is 0.360. The van der Waals surface area contributed by atoms with E-state index in [-0.39, 0.29) is 30.2 Å². The Morgan fingerprint density at radius 2 is 1.61 bits per heavy atom. The number of benzene rings is 2. The number of fused-ring (bicyclic) bond motifs is 3. The quantitative estimate of drug-likeness (QED) is 0.382. The number of ether oxygens (including phenoxy) is 1. The molecule has 5 rings (SSSR count). The number of hydrogen-bond acceptors (Lipinski definition) is 6. The summed E-state index contributed by atoms with van der Waals surface area (Å²) in [4.78, 5) is 55.7. The van der Waals surface area contributed by atoms with Crippen LogP contribution in [0.2, 0.25) is 5.02 Å². The number of imide groups is 1. The largest absolute Gasteiger partial charge is 0.462 e. The van der Waals surface area contributed by atoms with Crippen molar-refractivity contribution in [2.75, 3.05) is 18.1 Å². The molecule has 3 heterocycles. The average molecular weight is 467 g/mol. The van der Waals surface area contributed by atoms with Crippen LogP contribution in [-0.4, -0.2) is 53.7 Å². The third kappa shape index (κ3) is 3.47. The van der Waals surface area contributed by atoms with Crippen molar-refractivity contribution in [2.24, 2.45) is 11.8 Å². The number of nitrogens with zero attached hydrogens (tertiary/aromatic N) is 2. The van der Waals surface area contributed by atoms with Gasteiger partial charge >= 0.3 is 5.97 Å². The van der Waals surface area contributed by atoms with Crippen LogP contribution in [-0.2, 0) is 14.3 Å². The van der Waals surface area contributed by atoms with E-state index < -0.39 is 23.8 Å². The van der Waals surface area contributed by atoms with E-state index in [1.807, 2.05) is 4.90 Å². The molecule has 0 saturated carbocycles. The second-order valence-electron chi connectivity index (χ2n) is 8.59. The van der Waals surface area contributed by atoms with Crippen LogP contribution in [0.4, 0.5) is 5.69 Å². The van der Waals surface area contributed by atoms with E-state index in [0.29, 0.717) is 28.4 Å². The highest BCUT2D eigenvalue weighted by molar-refractivity contribution is 6.30. The van der Waals surface area contributed by atoms with Crippen molar-refractivity contribution in [3.8, 4) is 0 Å². The molecule has 2 amide bonds. The minimum absolute atomic E-state index is 0.128. The monoisotopic (exact) mass is 466 g/mol. The number of Topliss-reactive ketones (excluding diaryl/α,β-unsaturated/α-hetero) is 1. The van der Waals surface area contributed by atoms with E-state index in [9.17, 15) is 19.2 Å². The number of esters is 1. The zero-order valence-corrected chi connectivity index (χ0v) is 18.8. The fourth-order valence-corrected chi connectivity index (χ4v) is 5.64. The molecule has 2 aromatic rings. The van der Waals surface area contributed by atoms with Gasteiger partial charge < -0.3 is 4.74 Å². The Kier molecular flexibility index (Phi) is 5.54. The first kappa shape index (κ1) is 21.8. The molecule has 0 aromatic heterocycles. The highest BCUT2D eigenvalue weighted by atomic mass is 35.5. The van der Waals surface area contributed by atoms with Crippen LogP contribution in [0.25, 0.3) is 0 Å². The molecular weight excluding hydrogens is 444 g/mol. The standard InChI is InChI=1S/C25H23ClN2O5/c1-2-33-25(32)15-7-11-17(12-8-15)28-23(30)19-18-4-3-13-27(18)21(20(19)24(28)31)22(29)14-5-9-16(26)10-6-14/h5-12,18-21H,2-4,13H2,1H3/t18-,19+,20-,21+/m1/s1. The molecule has 3 saturated heterocycles. The van der Waals surface area contributed by atoms with Gasteiger partial charge in [-0.05, 0) is 74.8 Å². The molecule has 2 aromatic carbocycles. The lowest BCUT2D eigenvalue weighted by molar-refractivity contribution is -0.123. The first-order valence-corrected chi connectivity index (χ1v) is 11.5. The van der Waals surface area contributed by atoms with Crippen molar-refractivity contribution in [3.63, 3.8) is 0 Å². The number of hydrogen-bond donors (Lipinski definition) is 0. The molecule has 0 bridgehead atoms. The predicted molar refractivity (Wildman–Crippen MR) is 121 cm³/mol. The Hall–Kier alpha value is -3.03. The third-order valence-electron chi connectivity index (χ3n) is 6.89. The Bertz CT molecular complexity index is 1130. The molecule has 4 atom stereocenters. The van der Waals surface area contributed by atoms with Crippen molar-refractivity contribution in [3.05, 3.63) is 64.7 Å². The zero-order chi connectivity index (χ0) is 23.3. The summed E-state index contributed by atoms with van der Waals surface area (Å²) in [5.41, 5.74) is 1.22. The maximum Gasteiger partial charge on any atom is 0.338 e. The molecular formula is C25H23ClN2O5. The van der Waals surface area contributed by atoms with Crippen molar-refractivity contribution < 1.29 is 23.9 Å². The summed E-state index contributed by atoms with van der Waals surface area (Å²) in [6, 6.07) is 12.1. The Balaban J connectivity index is 1.47. The highest BCUT2D eigenvalue weighted by Crippen LogP contribution is 2.48. The van der Waals surface area contributed by atoms with E-state index in [1.165, 1.54) is 4.90 Å². The van der Waals surface area contributed by atoms with Gasteiger partial charge in [0.2, 0.25) is 11.8 Å². The zero-order valence-electron chi connectivity index (χ0n) is 18.1. The summed E-state index contributed by atoms with van der Waals surface area (Å²) in [7, 11) is 0. The number of halogens is 1. The number of rotatable bonds is 5. The normalized spacial score (nSPS) is 26.4. The Morgan fingerprint density at radius 3 is 2.27 bits per heavy atom. The average Bonchev–Trinajstić information content (AvgIpc) is 3.46. The summed E-state index contributed by atoms with van der Waals surface area (Å²) >= 11 is 5.98. The summed E-state index contributed by atoms with van der Waals surface area (Å²) in [6.07, 6.45) is 1.66. The molecule has 0 spiro atoms. The summed E-state index contributed by atoms with van der Waals surface area (Å²) in [6.45, 7) is 2.67. The van der Waals surface area contributed by atoms with Gasteiger partial charge in [0.05, 0.1) is 35.7 Å². The minimum Gasteiger partial charge on any atom is -0.462 e. The molecule has 0 N–H and O–H groups in total. The van der Waals surface area contributed by atoms with Crippen LogP contribution in [0.15, 0.2) is 48.5 Å². The van der Waals surface area contributed by atoms with E-state index in [4.69, 9.17) is 16.3 Å². The second kappa shape index (κ2) is 8.39. The van der Waals surface area contributed by atoms with Gasteiger partial charge in [-0.3, -0.25) is 19.3 Å². The maximum absolute atomic E-state index is 13.6. The van der Waals surface area contributed by atoms with Gasteiger partial charge in [0.25, 0.3) is 0 Å². The number of anilines is 1. The Morgan fingerprint density at radius 1 is 0.970 bits per heavy atom. The van der Waals surface area contributed by atoms with Crippen LogP contribution >= 0.6 is 11.6 Å². The molecule has 0 radical (unpaired) electrons. The van der Waals surface area contributed by atoms with Crippen LogP contribution in [0, 0.1) is 11.8 Å². The van der Waals surface area contributed by atoms with E-state index >= 15 is 0 Å². The minimum atomic E-state index is -0.726. The summed E-state index contributed by atoms with van der Waals surface area (Å²) < 4.78 is 5.00. The van der Waals surface area contributed by atoms with Gasteiger partial charge in [-0.2, -0.15) is 0 Å². The number of ketones is 1. The summed E-state index contributed by atoms with van der Waals surface area (Å²) in [5, 5.41) is 0.527. The molecule has 3 aliphatic heterocycles. The molecule has 3 aliphatic rings. The van der Waals surface area contributed by atoms with E-state index in [2.05, 4.69) is 0 Å². The molecule has 0 unspecified atom stereocenters. The van der Waals surface area contributed by atoms with Gasteiger partial charge in [-0.1, -0.05) is 11.6 Å². The van der Waals surface area contributed by atoms with Gasteiger partial charge in [0.1, 0.15) is 0 Å². The lowest BCUT2D eigenvalue weighted by Gasteiger charge is -2.27. The smallest absolute Gasteiger partial charge is 0.338 e. The predicted octanol–water partition coefficient (Wildman–Crippen LogP) is 3.35. The first-order valence-electron chi connectivity index (χ1n) is 11.1. The van der Waals surface area contributed by atoms with Crippen LogP contribution in [0.1, 0.15) is 40.5 Å². The van der Waals surface area contributed by atoms with Crippen molar-refractivity contribution in [1.82, 2.24) is 4.90 Å². The van der Waals surface area contributed by atoms with Crippen LogP contribution in [0.3, 0.4) is 0 Å². The van der Waals surface area contributed by atoms with Gasteiger partial charge in [0.15, 0.2) is 5.78 Å². The van der Waals surface area contributed by atoms with E-state index in [1.54, 1.807) is 55.5 Å². The first-order chi connectivity index (χ1) is 15.9. The topological polar surface area (TPSA) is 84.0 Å². The molecule has 3 fully saturated rings. The van der Waals surface area contributed by atoms with E-state index in [0.717, 1.165) is 12.8 Å². The van der Waals surface area contributed by atoms with Gasteiger partial charge in [0, 0.05) is 16.6 Å². The van der Waals surface area contributed by atoms with Crippen LogP contribution < -0.4 is 4.90 Å². The van der Waals surface area contributed by atoms with Gasteiger partial charge in [-0.15, -0.1) is 0 Å². The second-order valence-corrected chi connectivity index (χ2v) is 9.03. The third-order valence-corrected chi connectivity index (χ3v) is 7.14. The molecule has 8 heteroatoms. The Labute approximate surface area is 196 Å². The SMILES string of the molecule is CCOC(=O)c1ccc(N2C(=O)[C@@H]3[C@@H](C2=O)[C@@H](C(=O)c2ccc(Cl)cc2)N2CCC[C@H]32)cc1. The number of carbonyl (C=O) groups excluding carboxylic acids is 4. The lowest BCUT2D eigenvalue weighted by Crippen LogP contribution is -2.46. The number of amides is 2. The van der Waals surface area contributed by atoms with Crippen molar-refractivity contribution >= 4 is 40.9 Å². The van der Waals surface area contributed by atoms with Crippen molar-refractivity contribution in [2.45, 2.75) is 31.8 Å². The van der Waals surface area contributed by atoms with Gasteiger partial charge in [-0.25, -0.2) is 9.69 Å². The van der Waals surface area contributed by atoms with Crippen LogP contribution in [0.5, 0.6) is 0 Å². The lowest BCUT2D eigenvalue weighted by atomic mass is 9.85. The fourth-order valence-electron chi connectivity index (χ4n) is 5.52. The molecule has 33 heavy (non-hydrogen) atoms. The number of carbonyl (C=O) groups is 4. The maximum atomic E-state index is 13.6.